The van der Waals surface area contributed by atoms with Crippen LogP contribution in [-0.4, -0.2) is 18.9 Å². The molecule has 5 nitrogen and oxygen atoms in total. The van der Waals surface area contributed by atoms with Gasteiger partial charge in [0.1, 0.15) is 17.5 Å². The van der Waals surface area contributed by atoms with Gasteiger partial charge in [-0.2, -0.15) is 5.26 Å². The molecule has 1 heterocycles. The Morgan fingerprint density at radius 1 is 1.29 bits per heavy atom. The van der Waals surface area contributed by atoms with Crippen LogP contribution >= 0.6 is 0 Å². The van der Waals surface area contributed by atoms with Crippen LogP contribution in [0.1, 0.15) is 18.4 Å². The average Bonchev–Trinajstić information content (AvgIpc) is 2.68. The third-order valence-corrected chi connectivity index (χ3v) is 2.61. The number of carbonyl (C=O) groups is 2. The van der Waals surface area contributed by atoms with Crippen LogP contribution in [0, 0.1) is 11.3 Å². The summed E-state index contributed by atoms with van der Waals surface area (Å²) in [7, 11) is 1.44. The molecule has 1 aliphatic heterocycles. The summed E-state index contributed by atoms with van der Waals surface area (Å²) in [4.78, 5) is 24.4. The zero-order valence-electron chi connectivity index (χ0n) is 9.27. The number of anilines is 1. The number of ether oxygens (including phenoxy) is 1. The molecule has 2 rings (SSSR count). The van der Waals surface area contributed by atoms with Crippen molar-refractivity contribution in [2.45, 2.75) is 12.8 Å². The van der Waals surface area contributed by atoms with Gasteiger partial charge in [0.25, 0.3) is 0 Å². The monoisotopic (exact) mass is 230 g/mol. The van der Waals surface area contributed by atoms with Gasteiger partial charge in [-0.15, -0.1) is 0 Å². The lowest BCUT2D eigenvalue weighted by molar-refractivity contribution is -0.121. The van der Waals surface area contributed by atoms with Crippen LogP contribution in [0.15, 0.2) is 18.2 Å². The minimum Gasteiger partial charge on any atom is -0.495 e. The molecule has 0 unspecified atom stereocenters. The first-order chi connectivity index (χ1) is 8.19. The molecule has 0 bridgehead atoms. The van der Waals surface area contributed by atoms with Gasteiger partial charge in [-0.1, -0.05) is 6.07 Å². The molecule has 1 aromatic carbocycles. The van der Waals surface area contributed by atoms with Gasteiger partial charge in [-0.3, -0.25) is 9.59 Å². The first-order valence-electron chi connectivity index (χ1n) is 5.12. The third-order valence-electron chi connectivity index (χ3n) is 2.61. The molecule has 2 amide bonds. The summed E-state index contributed by atoms with van der Waals surface area (Å²) in [5, 5.41) is 9.02. The van der Waals surface area contributed by atoms with Crippen molar-refractivity contribution in [1.29, 1.82) is 5.26 Å². The lowest BCUT2D eigenvalue weighted by atomic mass is 10.1. The summed E-state index contributed by atoms with van der Waals surface area (Å²) in [6.07, 6.45) is 0.365. The maximum absolute atomic E-state index is 11.7. The number of para-hydroxylation sites is 1. The molecular weight excluding hydrogens is 220 g/mol. The van der Waals surface area contributed by atoms with Crippen molar-refractivity contribution in [3.8, 4) is 11.8 Å². The van der Waals surface area contributed by atoms with Crippen molar-refractivity contribution in [3.63, 3.8) is 0 Å². The molecule has 1 aliphatic rings. The second kappa shape index (κ2) is 4.26. The van der Waals surface area contributed by atoms with Gasteiger partial charge in [0.15, 0.2) is 0 Å². The summed E-state index contributed by atoms with van der Waals surface area (Å²) < 4.78 is 5.10. The zero-order valence-corrected chi connectivity index (χ0v) is 9.27. The van der Waals surface area contributed by atoms with E-state index < -0.39 is 0 Å². The molecule has 0 aromatic heterocycles. The van der Waals surface area contributed by atoms with Crippen molar-refractivity contribution in [3.05, 3.63) is 23.8 Å². The lowest BCUT2D eigenvalue weighted by Gasteiger charge is -2.18. The van der Waals surface area contributed by atoms with Crippen LogP contribution in [-0.2, 0) is 9.59 Å². The maximum Gasteiger partial charge on any atom is 0.234 e. The number of amides is 2. The third kappa shape index (κ3) is 1.74. The van der Waals surface area contributed by atoms with Gasteiger partial charge in [0, 0.05) is 12.8 Å². The van der Waals surface area contributed by atoms with Gasteiger partial charge >= 0.3 is 0 Å². The van der Waals surface area contributed by atoms with Crippen molar-refractivity contribution >= 4 is 17.5 Å². The van der Waals surface area contributed by atoms with Crippen LogP contribution < -0.4 is 9.64 Å². The van der Waals surface area contributed by atoms with Gasteiger partial charge < -0.3 is 4.74 Å². The Balaban J connectivity index is 2.61. The van der Waals surface area contributed by atoms with E-state index in [9.17, 15) is 9.59 Å². The predicted octanol–water partition coefficient (Wildman–Crippen LogP) is 1.22. The van der Waals surface area contributed by atoms with E-state index in [4.69, 9.17) is 10.00 Å². The number of benzene rings is 1. The largest absolute Gasteiger partial charge is 0.495 e. The van der Waals surface area contributed by atoms with E-state index in [2.05, 4.69) is 0 Å². The Labute approximate surface area is 98.2 Å². The van der Waals surface area contributed by atoms with Crippen molar-refractivity contribution in [2.75, 3.05) is 12.0 Å². The van der Waals surface area contributed by atoms with Crippen LogP contribution in [0.5, 0.6) is 5.75 Å². The minimum absolute atomic E-state index is 0.182. The number of hydrogen-bond donors (Lipinski definition) is 0. The van der Waals surface area contributed by atoms with E-state index in [-0.39, 0.29) is 35.9 Å². The summed E-state index contributed by atoms with van der Waals surface area (Å²) in [6, 6.07) is 6.78. The Hall–Kier alpha value is -2.35. The second-order valence-corrected chi connectivity index (χ2v) is 3.59. The van der Waals surface area contributed by atoms with Gasteiger partial charge in [-0.05, 0) is 12.1 Å². The molecular formula is C12H10N2O3. The van der Waals surface area contributed by atoms with Crippen LogP contribution in [0.3, 0.4) is 0 Å². The van der Waals surface area contributed by atoms with E-state index in [0.717, 1.165) is 4.90 Å². The molecule has 1 aromatic rings. The lowest BCUT2D eigenvalue weighted by Crippen LogP contribution is -2.29. The number of nitrogens with zero attached hydrogens (tertiary/aromatic N) is 2. The number of carbonyl (C=O) groups excluding carboxylic acids is 2. The molecule has 0 aliphatic carbocycles. The maximum atomic E-state index is 11.7. The SMILES string of the molecule is COc1cccc(C#N)c1N1C(=O)CCC1=O. The van der Waals surface area contributed by atoms with Crippen LogP contribution in [0.4, 0.5) is 5.69 Å². The van der Waals surface area contributed by atoms with Crippen LogP contribution in [0.2, 0.25) is 0 Å². The molecule has 0 saturated carbocycles. The highest BCUT2D eigenvalue weighted by atomic mass is 16.5. The smallest absolute Gasteiger partial charge is 0.234 e. The topological polar surface area (TPSA) is 70.4 Å². The minimum atomic E-state index is -0.295. The zero-order chi connectivity index (χ0) is 12.4. The van der Waals surface area contributed by atoms with E-state index in [1.165, 1.54) is 7.11 Å². The van der Waals surface area contributed by atoms with Crippen LogP contribution in [0.25, 0.3) is 0 Å². The Morgan fingerprint density at radius 2 is 1.94 bits per heavy atom. The first-order valence-corrected chi connectivity index (χ1v) is 5.12. The average molecular weight is 230 g/mol. The number of methoxy groups -OCH3 is 1. The van der Waals surface area contributed by atoms with Crippen molar-refractivity contribution in [1.82, 2.24) is 0 Å². The molecule has 0 spiro atoms. The number of hydrogen-bond acceptors (Lipinski definition) is 4. The van der Waals surface area contributed by atoms with E-state index in [1.807, 2.05) is 6.07 Å². The fourth-order valence-electron chi connectivity index (χ4n) is 1.83. The van der Waals surface area contributed by atoms with E-state index in [0.29, 0.717) is 5.75 Å². The highest BCUT2D eigenvalue weighted by molar-refractivity contribution is 6.21. The fraction of sp³-hybridized carbons (Fsp3) is 0.250. The molecule has 17 heavy (non-hydrogen) atoms. The first kappa shape index (κ1) is 11.1. The standard InChI is InChI=1S/C12H10N2O3/c1-17-9-4-2-3-8(7-13)12(9)14-10(15)5-6-11(14)16/h2-4H,5-6H2,1H3. The summed E-state index contributed by atoms with van der Waals surface area (Å²) >= 11 is 0. The van der Waals surface area contributed by atoms with Crippen molar-refractivity contribution in [2.24, 2.45) is 0 Å². The molecule has 1 saturated heterocycles. The molecule has 5 heteroatoms. The van der Waals surface area contributed by atoms with E-state index in [1.54, 1.807) is 18.2 Å². The molecule has 0 atom stereocenters. The quantitative estimate of drug-likeness (QED) is 0.716. The normalized spacial score (nSPS) is 14.9. The predicted molar refractivity (Wildman–Crippen MR) is 59.4 cm³/mol. The molecule has 86 valence electrons. The number of imide groups is 1. The van der Waals surface area contributed by atoms with Gasteiger partial charge in [0.05, 0.1) is 12.7 Å². The molecule has 0 radical (unpaired) electrons. The summed E-state index contributed by atoms with van der Waals surface area (Å²) in [5.74, 6) is -0.236. The highest BCUT2D eigenvalue weighted by Crippen LogP contribution is 2.34. The van der Waals surface area contributed by atoms with Crippen molar-refractivity contribution < 1.29 is 14.3 Å². The molecule has 0 N–H and O–H groups in total. The molecule has 1 fully saturated rings. The number of nitriles is 1. The summed E-state index contributed by atoms with van der Waals surface area (Å²) in [6.45, 7) is 0. The van der Waals surface area contributed by atoms with E-state index >= 15 is 0 Å². The number of rotatable bonds is 2. The Bertz CT molecular complexity index is 515. The van der Waals surface area contributed by atoms with Gasteiger partial charge in [-0.25, -0.2) is 4.90 Å². The fourth-order valence-corrected chi connectivity index (χ4v) is 1.83. The Morgan fingerprint density at radius 3 is 2.47 bits per heavy atom. The second-order valence-electron chi connectivity index (χ2n) is 3.59. The summed E-state index contributed by atoms with van der Waals surface area (Å²) in [5.41, 5.74) is 0.512. The Kier molecular flexibility index (Phi) is 2.79. The van der Waals surface area contributed by atoms with Gasteiger partial charge in [0.2, 0.25) is 11.8 Å². The highest BCUT2D eigenvalue weighted by Gasteiger charge is 2.33.